The van der Waals surface area contributed by atoms with E-state index in [0.717, 1.165) is 51.3 Å². The lowest BCUT2D eigenvalue weighted by Crippen LogP contribution is -2.44. The summed E-state index contributed by atoms with van der Waals surface area (Å²) in [6.07, 6.45) is 2.16. The number of aromatic nitrogens is 1. The number of carbonyl (C=O) groups is 1. The van der Waals surface area contributed by atoms with Gasteiger partial charge in [0.2, 0.25) is 0 Å². The number of rotatable bonds is 3. The zero-order chi connectivity index (χ0) is 21.7. The van der Waals surface area contributed by atoms with Crippen molar-refractivity contribution in [3.63, 3.8) is 0 Å². The predicted molar refractivity (Wildman–Crippen MR) is 115 cm³/mol. The standard InChI is InChI=1S/C22H33N5O3/c1-22(2,3)30-21(28)27-8-5-6-18(7-9-27)29-19-14-17(16-23)24-20(15-19)26-12-10-25(4)11-13-26/h14-15,18H,5-13H2,1-4H3/t18-/m0/s1. The molecule has 3 rings (SSSR count). The molecule has 0 spiro atoms. The number of nitriles is 1. The number of amides is 1. The van der Waals surface area contributed by atoms with Crippen LogP contribution < -0.4 is 9.64 Å². The van der Waals surface area contributed by atoms with Gasteiger partial charge in [-0.15, -0.1) is 0 Å². The molecule has 1 aromatic rings. The molecule has 8 heteroatoms. The summed E-state index contributed by atoms with van der Waals surface area (Å²) >= 11 is 0. The van der Waals surface area contributed by atoms with E-state index in [2.05, 4.69) is 27.9 Å². The average Bonchev–Trinajstić information content (AvgIpc) is 2.92. The van der Waals surface area contributed by atoms with E-state index < -0.39 is 5.60 Å². The van der Waals surface area contributed by atoms with Crippen LogP contribution in [0.5, 0.6) is 5.75 Å². The molecule has 1 atom stereocenters. The fraction of sp³-hybridized carbons (Fsp3) is 0.682. The Morgan fingerprint density at radius 2 is 1.87 bits per heavy atom. The summed E-state index contributed by atoms with van der Waals surface area (Å²) in [7, 11) is 2.11. The fourth-order valence-electron chi connectivity index (χ4n) is 3.70. The van der Waals surface area contributed by atoms with Crippen LogP contribution in [0.4, 0.5) is 10.6 Å². The number of piperazine rings is 1. The van der Waals surface area contributed by atoms with Crippen molar-refractivity contribution in [2.75, 3.05) is 51.2 Å². The zero-order valence-electron chi connectivity index (χ0n) is 18.6. The molecule has 0 saturated carbocycles. The first kappa shape index (κ1) is 22.2. The van der Waals surface area contributed by atoms with Crippen molar-refractivity contribution in [3.05, 3.63) is 17.8 Å². The third kappa shape index (κ3) is 6.23. The Kier molecular flexibility index (Phi) is 7.03. The normalized spacial score (nSPS) is 21.0. The molecule has 0 aliphatic carbocycles. The Labute approximate surface area is 179 Å². The van der Waals surface area contributed by atoms with Crippen molar-refractivity contribution in [1.29, 1.82) is 5.26 Å². The molecule has 1 aromatic heterocycles. The van der Waals surface area contributed by atoms with Gasteiger partial charge in [0.25, 0.3) is 0 Å². The molecule has 0 bridgehead atoms. The molecular formula is C22H33N5O3. The number of likely N-dealkylation sites (N-methyl/N-ethyl adjacent to an activating group) is 1. The highest BCUT2D eigenvalue weighted by molar-refractivity contribution is 5.68. The summed E-state index contributed by atoms with van der Waals surface area (Å²) < 4.78 is 11.8. The summed E-state index contributed by atoms with van der Waals surface area (Å²) in [4.78, 5) is 23.1. The average molecular weight is 416 g/mol. The lowest BCUT2D eigenvalue weighted by molar-refractivity contribution is 0.0252. The highest BCUT2D eigenvalue weighted by Crippen LogP contribution is 2.25. The van der Waals surface area contributed by atoms with Gasteiger partial charge in [-0.2, -0.15) is 5.26 Å². The summed E-state index contributed by atoms with van der Waals surface area (Å²) in [5.41, 5.74) is -0.130. The number of pyridine rings is 1. The molecule has 1 amide bonds. The van der Waals surface area contributed by atoms with E-state index >= 15 is 0 Å². The van der Waals surface area contributed by atoms with Crippen molar-refractivity contribution >= 4 is 11.9 Å². The van der Waals surface area contributed by atoms with E-state index in [1.807, 2.05) is 26.8 Å². The smallest absolute Gasteiger partial charge is 0.410 e. The van der Waals surface area contributed by atoms with Crippen LogP contribution in [0.25, 0.3) is 0 Å². The van der Waals surface area contributed by atoms with Crippen molar-refractivity contribution in [2.45, 2.75) is 51.7 Å². The maximum atomic E-state index is 12.4. The predicted octanol–water partition coefficient (Wildman–Crippen LogP) is 2.87. The molecule has 3 heterocycles. The Bertz CT molecular complexity index is 778. The third-order valence-electron chi connectivity index (χ3n) is 5.36. The molecule has 2 fully saturated rings. The first-order valence-corrected chi connectivity index (χ1v) is 10.7. The minimum atomic E-state index is -0.496. The first-order chi connectivity index (χ1) is 14.2. The molecule has 8 nitrogen and oxygen atoms in total. The van der Waals surface area contributed by atoms with Gasteiger partial charge in [-0.1, -0.05) is 0 Å². The third-order valence-corrected chi connectivity index (χ3v) is 5.36. The van der Waals surface area contributed by atoms with Crippen LogP contribution in [0.1, 0.15) is 45.7 Å². The van der Waals surface area contributed by atoms with Gasteiger partial charge >= 0.3 is 6.09 Å². The number of hydrogen-bond acceptors (Lipinski definition) is 7. The number of nitrogens with zero attached hydrogens (tertiary/aromatic N) is 5. The van der Waals surface area contributed by atoms with E-state index in [0.29, 0.717) is 24.5 Å². The maximum Gasteiger partial charge on any atom is 0.410 e. The highest BCUT2D eigenvalue weighted by atomic mass is 16.6. The minimum Gasteiger partial charge on any atom is -0.490 e. The molecule has 0 aromatic carbocycles. The van der Waals surface area contributed by atoms with Gasteiger partial charge in [0.15, 0.2) is 0 Å². The second kappa shape index (κ2) is 9.52. The number of ether oxygens (including phenoxy) is 2. The molecule has 2 aliphatic rings. The fourth-order valence-corrected chi connectivity index (χ4v) is 3.70. The SMILES string of the molecule is CN1CCN(c2cc(O[C@H]3CCCN(C(=O)OC(C)(C)C)CC3)cc(C#N)n2)CC1. The number of carbonyl (C=O) groups excluding carboxylic acids is 1. The van der Waals surface area contributed by atoms with Crippen LogP contribution in [0, 0.1) is 11.3 Å². The summed E-state index contributed by atoms with van der Waals surface area (Å²) in [5.74, 6) is 1.47. The van der Waals surface area contributed by atoms with Crippen LogP contribution in [0.15, 0.2) is 12.1 Å². The van der Waals surface area contributed by atoms with E-state index in [1.54, 1.807) is 11.0 Å². The second-order valence-electron chi connectivity index (χ2n) is 9.09. The summed E-state index contributed by atoms with van der Waals surface area (Å²) in [6, 6.07) is 5.79. The lowest BCUT2D eigenvalue weighted by Gasteiger charge is -2.33. The molecule has 164 valence electrons. The Morgan fingerprint density at radius 3 is 2.53 bits per heavy atom. The van der Waals surface area contributed by atoms with E-state index in [-0.39, 0.29) is 12.2 Å². The second-order valence-corrected chi connectivity index (χ2v) is 9.09. The maximum absolute atomic E-state index is 12.4. The van der Waals surface area contributed by atoms with Crippen molar-refractivity contribution < 1.29 is 14.3 Å². The zero-order valence-corrected chi connectivity index (χ0v) is 18.6. The number of hydrogen-bond donors (Lipinski definition) is 0. The Morgan fingerprint density at radius 1 is 1.13 bits per heavy atom. The van der Waals surface area contributed by atoms with Crippen molar-refractivity contribution in [3.8, 4) is 11.8 Å². The number of likely N-dealkylation sites (tertiary alicyclic amines) is 1. The monoisotopic (exact) mass is 415 g/mol. The van der Waals surface area contributed by atoms with Crippen LogP contribution in [0.3, 0.4) is 0 Å². The van der Waals surface area contributed by atoms with Crippen LogP contribution in [-0.2, 0) is 4.74 Å². The Hall–Kier alpha value is -2.53. The minimum absolute atomic E-state index is 0.00767. The summed E-state index contributed by atoms with van der Waals surface area (Å²) in [6.45, 7) is 10.6. The molecular weight excluding hydrogens is 382 g/mol. The largest absolute Gasteiger partial charge is 0.490 e. The van der Waals surface area contributed by atoms with Gasteiger partial charge in [0, 0.05) is 57.8 Å². The molecule has 0 radical (unpaired) electrons. The van der Waals surface area contributed by atoms with Crippen LogP contribution >= 0.6 is 0 Å². The molecule has 30 heavy (non-hydrogen) atoms. The topological polar surface area (TPSA) is 81.9 Å². The van der Waals surface area contributed by atoms with Crippen LogP contribution in [0.2, 0.25) is 0 Å². The van der Waals surface area contributed by atoms with Gasteiger partial charge < -0.3 is 24.2 Å². The van der Waals surface area contributed by atoms with E-state index in [9.17, 15) is 10.1 Å². The van der Waals surface area contributed by atoms with Crippen LogP contribution in [-0.4, -0.2) is 78.9 Å². The Balaban J connectivity index is 1.64. The highest BCUT2D eigenvalue weighted by Gasteiger charge is 2.26. The van der Waals surface area contributed by atoms with Crippen molar-refractivity contribution in [2.24, 2.45) is 0 Å². The van der Waals surface area contributed by atoms with E-state index in [1.165, 1.54) is 0 Å². The summed E-state index contributed by atoms with van der Waals surface area (Å²) in [5, 5.41) is 9.41. The van der Waals surface area contributed by atoms with Gasteiger partial charge in [-0.05, 0) is 40.7 Å². The number of anilines is 1. The first-order valence-electron chi connectivity index (χ1n) is 10.7. The molecule has 2 aliphatic heterocycles. The van der Waals surface area contributed by atoms with Gasteiger partial charge in [0.05, 0.1) is 0 Å². The molecule has 2 saturated heterocycles. The van der Waals surface area contributed by atoms with Gasteiger partial charge in [0.1, 0.15) is 35.0 Å². The lowest BCUT2D eigenvalue weighted by atomic mass is 10.1. The molecule has 0 N–H and O–H groups in total. The van der Waals surface area contributed by atoms with E-state index in [4.69, 9.17) is 9.47 Å². The van der Waals surface area contributed by atoms with Gasteiger partial charge in [-0.3, -0.25) is 0 Å². The quantitative estimate of drug-likeness (QED) is 0.751. The van der Waals surface area contributed by atoms with Gasteiger partial charge in [-0.25, -0.2) is 9.78 Å². The van der Waals surface area contributed by atoms with Crippen molar-refractivity contribution in [1.82, 2.24) is 14.8 Å². The molecule has 0 unspecified atom stereocenters.